The minimum atomic E-state index is -0.363. The van der Waals surface area contributed by atoms with Crippen LogP contribution in [0.15, 0.2) is 56.6 Å². The number of para-hydroxylation sites is 1. The van der Waals surface area contributed by atoms with Gasteiger partial charge in [-0.1, -0.05) is 42.8 Å². The normalized spacial score (nSPS) is 11.3. The maximum Gasteiger partial charge on any atom is 0.331 e. The standard InChI is InChI=1S/C23H24N4O3/c1-4-5-12-26-22(28)18-8-6-7-9-19(18)27(23(26)29)14-20-24-21(25-30-20)17-11-10-15(2)16(3)13-17/h6-11,13H,4-5,12,14H2,1-3H3. The number of rotatable bonds is 6. The summed E-state index contributed by atoms with van der Waals surface area (Å²) in [7, 11) is 0. The summed E-state index contributed by atoms with van der Waals surface area (Å²) in [4.78, 5) is 30.4. The van der Waals surface area contributed by atoms with Crippen LogP contribution in [0.5, 0.6) is 0 Å². The molecule has 4 aromatic rings. The summed E-state index contributed by atoms with van der Waals surface area (Å²) in [6, 6.07) is 13.1. The zero-order valence-corrected chi connectivity index (χ0v) is 17.4. The Morgan fingerprint density at radius 2 is 1.80 bits per heavy atom. The molecule has 0 bridgehead atoms. The lowest BCUT2D eigenvalue weighted by Gasteiger charge is -2.12. The van der Waals surface area contributed by atoms with Crippen LogP contribution in [-0.4, -0.2) is 19.3 Å². The van der Waals surface area contributed by atoms with Gasteiger partial charge in [0.25, 0.3) is 5.56 Å². The van der Waals surface area contributed by atoms with E-state index < -0.39 is 0 Å². The van der Waals surface area contributed by atoms with E-state index in [2.05, 4.69) is 10.1 Å². The van der Waals surface area contributed by atoms with Gasteiger partial charge in [0, 0.05) is 12.1 Å². The summed E-state index contributed by atoms with van der Waals surface area (Å²) >= 11 is 0. The highest BCUT2D eigenvalue weighted by molar-refractivity contribution is 5.77. The van der Waals surface area contributed by atoms with E-state index in [0.29, 0.717) is 29.2 Å². The van der Waals surface area contributed by atoms with E-state index in [0.717, 1.165) is 24.0 Å². The van der Waals surface area contributed by atoms with Crippen molar-refractivity contribution in [3.05, 3.63) is 80.3 Å². The fraction of sp³-hybridized carbons (Fsp3) is 0.304. The van der Waals surface area contributed by atoms with E-state index in [1.54, 1.807) is 18.2 Å². The Morgan fingerprint density at radius 1 is 1.00 bits per heavy atom. The van der Waals surface area contributed by atoms with Gasteiger partial charge in [-0.3, -0.25) is 13.9 Å². The highest BCUT2D eigenvalue weighted by Crippen LogP contribution is 2.20. The van der Waals surface area contributed by atoms with Crippen molar-refractivity contribution >= 4 is 10.9 Å². The second-order valence-corrected chi connectivity index (χ2v) is 7.51. The summed E-state index contributed by atoms with van der Waals surface area (Å²) < 4.78 is 8.27. The average Bonchev–Trinajstić information content (AvgIpc) is 3.22. The van der Waals surface area contributed by atoms with Crippen LogP contribution in [-0.2, 0) is 13.1 Å². The molecule has 0 amide bonds. The van der Waals surface area contributed by atoms with Crippen LogP contribution < -0.4 is 11.2 Å². The second kappa shape index (κ2) is 8.10. The first-order valence-corrected chi connectivity index (χ1v) is 10.1. The highest BCUT2D eigenvalue weighted by atomic mass is 16.5. The topological polar surface area (TPSA) is 82.9 Å². The van der Waals surface area contributed by atoms with E-state index in [9.17, 15) is 9.59 Å². The minimum absolute atomic E-state index is 0.101. The van der Waals surface area contributed by atoms with Crippen molar-refractivity contribution in [3.8, 4) is 11.4 Å². The molecule has 0 aliphatic heterocycles. The first-order valence-electron chi connectivity index (χ1n) is 10.1. The van der Waals surface area contributed by atoms with Gasteiger partial charge in [0.15, 0.2) is 0 Å². The van der Waals surface area contributed by atoms with Crippen LogP contribution >= 0.6 is 0 Å². The van der Waals surface area contributed by atoms with Crippen LogP contribution in [0, 0.1) is 13.8 Å². The van der Waals surface area contributed by atoms with Gasteiger partial charge in [0.2, 0.25) is 11.7 Å². The quantitative estimate of drug-likeness (QED) is 0.490. The number of benzene rings is 2. The fourth-order valence-electron chi connectivity index (χ4n) is 3.49. The van der Waals surface area contributed by atoms with Gasteiger partial charge >= 0.3 is 5.69 Å². The maximum absolute atomic E-state index is 13.1. The van der Waals surface area contributed by atoms with Crippen LogP contribution in [0.3, 0.4) is 0 Å². The molecule has 0 saturated heterocycles. The summed E-state index contributed by atoms with van der Waals surface area (Å²) in [5.74, 6) is 0.793. The molecule has 2 heterocycles. The molecular weight excluding hydrogens is 380 g/mol. The van der Waals surface area contributed by atoms with Crippen LogP contribution in [0.25, 0.3) is 22.3 Å². The molecule has 0 fully saturated rings. The van der Waals surface area contributed by atoms with Gasteiger partial charge in [-0.15, -0.1) is 0 Å². The molecule has 0 atom stereocenters. The molecule has 2 aromatic heterocycles. The SMILES string of the molecule is CCCCn1c(=O)c2ccccc2n(Cc2nc(-c3ccc(C)c(C)c3)no2)c1=O. The summed E-state index contributed by atoms with van der Waals surface area (Å²) in [6.07, 6.45) is 1.65. The smallest absolute Gasteiger partial charge is 0.331 e. The number of hydrogen-bond acceptors (Lipinski definition) is 5. The van der Waals surface area contributed by atoms with E-state index in [4.69, 9.17) is 4.52 Å². The van der Waals surface area contributed by atoms with E-state index >= 15 is 0 Å². The van der Waals surface area contributed by atoms with Crippen molar-refractivity contribution in [2.45, 2.75) is 46.7 Å². The number of aryl methyl sites for hydroxylation is 2. The molecule has 0 saturated carbocycles. The van der Waals surface area contributed by atoms with Crippen molar-refractivity contribution in [3.63, 3.8) is 0 Å². The van der Waals surface area contributed by atoms with Crippen LogP contribution in [0.4, 0.5) is 0 Å². The van der Waals surface area contributed by atoms with Gasteiger partial charge in [0.05, 0.1) is 10.9 Å². The van der Waals surface area contributed by atoms with Gasteiger partial charge in [-0.05, 0) is 49.6 Å². The molecule has 7 heteroatoms. The Kier molecular flexibility index (Phi) is 5.35. The molecular formula is C23H24N4O3. The van der Waals surface area contributed by atoms with E-state index in [1.807, 2.05) is 45.0 Å². The number of nitrogens with zero attached hydrogens (tertiary/aromatic N) is 4. The highest BCUT2D eigenvalue weighted by Gasteiger charge is 2.16. The lowest BCUT2D eigenvalue weighted by Crippen LogP contribution is -2.40. The third-order valence-electron chi connectivity index (χ3n) is 5.39. The van der Waals surface area contributed by atoms with Crippen molar-refractivity contribution in [1.29, 1.82) is 0 Å². The number of unbranched alkanes of at least 4 members (excludes halogenated alkanes) is 1. The van der Waals surface area contributed by atoms with E-state index in [-0.39, 0.29) is 17.8 Å². The summed E-state index contributed by atoms with van der Waals surface area (Å²) in [6.45, 7) is 6.59. The molecule has 0 N–H and O–H groups in total. The Hall–Kier alpha value is -3.48. The molecule has 0 spiro atoms. The summed E-state index contributed by atoms with van der Waals surface area (Å²) in [5, 5.41) is 4.58. The predicted molar refractivity (Wildman–Crippen MR) is 116 cm³/mol. The molecule has 7 nitrogen and oxygen atoms in total. The predicted octanol–water partition coefficient (Wildman–Crippen LogP) is 3.68. The van der Waals surface area contributed by atoms with Crippen molar-refractivity contribution in [1.82, 2.24) is 19.3 Å². The molecule has 0 aliphatic rings. The van der Waals surface area contributed by atoms with Crippen molar-refractivity contribution in [2.75, 3.05) is 0 Å². The monoisotopic (exact) mass is 404 g/mol. The maximum atomic E-state index is 13.1. The zero-order valence-electron chi connectivity index (χ0n) is 17.4. The second-order valence-electron chi connectivity index (χ2n) is 7.51. The fourth-order valence-corrected chi connectivity index (χ4v) is 3.49. The van der Waals surface area contributed by atoms with E-state index in [1.165, 1.54) is 14.7 Å². The largest absolute Gasteiger partial charge is 0.337 e. The third kappa shape index (κ3) is 3.58. The lowest BCUT2D eigenvalue weighted by atomic mass is 10.1. The Morgan fingerprint density at radius 3 is 2.57 bits per heavy atom. The van der Waals surface area contributed by atoms with Gasteiger partial charge in [-0.2, -0.15) is 4.98 Å². The van der Waals surface area contributed by atoms with Gasteiger partial charge in [0.1, 0.15) is 6.54 Å². The number of hydrogen-bond donors (Lipinski definition) is 0. The average molecular weight is 404 g/mol. The Bertz CT molecular complexity index is 1330. The number of fused-ring (bicyclic) bond motifs is 1. The zero-order chi connectivity index (χ0) is 21.3. The van der Waals surface area contributed by atoms with Crippen LogP contribution in [0.1, 0.15) is 36.8 Å². The molecule has 0 unspecified atom stereocenters. The molecule has 30 heavy (non-hydrogen) atoms. The molecule has 0 radical (unpaired) electrons. The van der Waals surface area contributed by atoms with Crippen LogP contribution in [0.2, 0.25) is 0 Å². The number of aromatic nitrogens is 4. The lowest BCUT2D eigenvalue weighted by molar-refractivity contribution is 0.369. The molecule has 2 aromatic carbocycles. The first kappa shape index (κ1) is 19.8. The molecule has 0 aliphatic carbocycles. The Labute approximate surface area is 173 Å². The first-order chi connectivity index (χ1) is 14.5. The molecule has 154 valence electrons. The summed E-state index contributed by atoms with van der Waals surface area (Å²) in [5.41, 5.74) is 3.13. The van der Waals surface area contributed by atoms with Gasteiger partial charge in [-0.25, -0.2) is 4.79 Å². The third-order valence-corrected chi connectivity index (χ3v) is 5.39. The van der Waals surface area contributed by atoms with Gasteiger partial charge < -0.3 is 4.52 Å². The minimum Gasteiger partial charge on any atom is -0.337 e. The Balaban J connectivity index is 1.77. The molecule has 4 rings (SSSR count). The van der Waals surface area contributed by atoms with Crippen molar-refractivity contribution < 1.29 is 4.52 Å². The van der Waals surface area contributed by atoms with Crippen molar-refractivity contribution in [2.24, 2.45) is 0 Å².